The number of carbonyl (C=O) groups is 2. The molecule has 0 aliphatic carbocycles. The highest BCUT2D eigenvalue weighted by molar-refractivity contribution is 9.10. The molecule has 0 aromatic heterocycles. The molecule has 28 heavy (non-hydrogen) atoms. The van der Waals surface area contributed by atoms with E-state index in [2.05, 4.69) is 26.6 Å². The first-order valence-corrected chi connectivity index (χ1v) is 11.6. The molecule has 2 rings (SSSR count). The Morgan fingerprint density at radius 3 is 2.46 bits per heavy atom. The number of carbonyl (C=O) groups excluding carboxylic acids is 2. The van der Waals surface area contributed by atoms with E-state index in [0.717, 1.165) is 11.8 Å². The highest BCUT2D eigenvalue weighted by Gasteiger charge is 2.24. The number of halogens is 2. The number of hydrogen-bond donors (Lipinski definition) is 2. The van der Waals surface area contributed by atoms with E-state index in [4.69, 9.17) is 11.6 Å². The van der Waals surface area contributed by atoms with Crippen LogP contribution in [0, 0.1) is 6.92 Å². The highest BCUT2D eigenvalue weighted by Crippen LogP contribution is 2.23. The number of anilines is 1. The summed E-state index contributed by atoms with van der Waals surface area (Å²) in [6.45, 7) is 1.87. The third-order valence-electron chi connectivity index (χ3n) is 3.90. The fourth-order valence-electron chi connectivity index (χ4n) is 2.42. The molecule has 0 bridgehead atoms. The van der Waals surface area contributed by atoms with Crippen LogP contribution in [0.4, 0.5) is 5.69 Å². The first kappa shape index (κ1) is 22.4. The third kappa shape index (κ3) is 6.61. The number of sulfone groups is 1. The maximum atomic E-state index is 12.7. The smallest absolute Gasteiger partial charge is 0.253 e. The SMILES string of the molecule is Cc1ccc(NC(=O)C(CCS(C)(=O)=O)NC(=O)c2ccccc2Br)c(Cl)c1. The summed E-state index contributed by atoms with van der Waals surface area (Å²) in [5.74, 6) is -1.28. The second-order valence-corrected chi connectivity index (χ2v) is 9.92. The monoisotopic (exact) mass is 486 g/mol. The van der Waals surface area contributed by atoms with E-state index < -0.39 is 27.7 Å². The molecule has 150 valence electrons. The van der Waals surface area contributed by atoms with Gasteiger partial charge < -0.3 is 10.6 Å². The van der Waals surface area contributed by atoms with Crippen LogP contribution in [-0.2, 0) is 14.6 Å². The average molecular weight is 488 g/mol. The molecule has 0 aliphatic heterocycles. The maximum Gasteiger partial charge on any atom is 0.253 e. The van der Waals surface area contributed by atoms with Gasteiger partial charge in [0, 0.05) is 10.7 Å². The molecule has 1 atom stereocenters. The standard InChI is InChI=1S/C19H20BrClN2O4S/c1-12-7-8-16(15(21)11-12)22-19(25)17(9-10-28(2,26)27)23-18(24)13-5-3-4-6-14(13)20/h3-8,11,17H,9-10H2,1-2H3,(H,22,25)(H,23,24). The molecule has 0 saturated heterocycles. The Balaban J connectivity index is 2.21. The van der Waals surface area contributed by atoms with Crippen LogP contribution in [0.2, 0.25) is 5.02 Å². The number of benzene rings is 2. The van der Waals surface area contributed by atoms with Crippen LogP contribution < -0.4 is 10.6 Å². The first-order valence-electron chi connectivity index (χ1n) is 8.37. The van der Waals surface area contributed by atoms with Crippen molar-refractivity contribution in [1.29, 1.82) is 0 Å². The zero-order valence-corrected chi connectivity index (χ0v) is 18.5. The summed E-state index contributed by atoms with van der Waals surface area (Å²) in [6.07, 6.45) is 1.01. The molecule has 0 aliphatic rings. The number of rotatable bonds is 7. The minimum Gasteiger partial charge on any atom is -0.340 e. The van der Waals surface area contributed by atoms with Crippen LogP contribution in [0.1, 0.15) is 22.3 Å². The molecule has 0 fully saturated rings. The Hall–Kier alpha value is -1.90. The van der Waals surface area contributed by atoms with Crippen LogP contribution in [0.15, 0.2) is 46.9 Å². The van der Waals surface area contributed by atoms with E-state index in [0.29, 0.717) is 20.7 Å². The third-order valence-corrected chi connectivity index (χ3v) is 5.88. The molecule has 0 radical (unpaired) electrons. The first-order chi connectivity index (χ1) is 13.1. The highest BCUT2D eigenvalue weighted by atomic mass is 79.9. The van der Waals surface area contributed by atoms with Gasteiger partial charge in [0.2, 0.25) is 5.91 Å². The predicted octanol–water partition coefficient (Wildman–Crippen LogP) is 3.58. The van der Waals surface area contributed by atoms with E-state index in [-0.39, 0.29) is 12.2 Å². The largest absolute Gasteiger partial charge is 0.340 e. The number of aryl methyl sites for hydroxylation is 1. The van der Waals surface area contributed by atoms with Crippen molar-refractivity contribution < 1.29 is 18.0 Å². The Morgan fingerprint density at radius 2 is 1.86 bits per heavy atom. The van der Waals surface area contributed by atoms with Gasteiger partial charge in [-0.2, -0.15) is 0 Å². The van der Waals surface area contributed by atoms with Crippen LogP contribution in [0.5, 0.6) is 0 Å². The number of amides is 2. The fourth-order valence-corrected chi connectivity index (χ4v) is 3.83. The van der Waals surface area contributed by atoms with Crippen molar-refractivity contribution in [1.82, 2.24) is 5.32 Å². The molecule has 2 amide bonds. The van der Waals surface area contributed by atoms with E-state index in [9.17, 15) is 18.0 Å². The van der Waals surface area contributed by atoms with Gasteiger partial charge in [-0.1, -0.05) is 29.8 Å². The minimum atomic E-state index is -3.31. The van der Waals surface area contributed by atoms with Gasteiger partial charge in [-0.3, -0.25) is 9.59 Å². The Kier molecular flexibility index (Phi) is 7.63. The predicted molar refractivity (Wildman–Crippen MR) is 115 cm³/mol. The lowest BCUT2D eigenvalue weighted by molar-refractivity contribution is -0.118. The lowest BCUT2D eigenvalue weighted by atomic mass is 10.1. The summed E-state index contributed by atoms with van der Waals surface area (Å²) in [5, 5.41) is 5.62. The van der Waals surface area contributed by atoms with Crippen molar-refractivity contribution in [3.05, 3.63) is 63.1 Å². The molecular weight excluding hydrogens is 468 g/mol. The molecule has 0 spiro atoms. The molecule has 6 nitrogen and oxygen atoms in total. The van der Waals surface area contributed by atoms with Crippen molar-refractivity contribution in [3.63, 3.8) is 0 Å². The van der Waals surface area contributed by atoms with Gasteiger partial charge >= 0.3 is 0 Å². The second kappa shape index (κ2) is 9.54. The van der Waals surface area contributed by atoms with Crippen molar-refractivity contribution in [2.45, 2.75) is 19.4 Å². The summed E-state index contributed by atoms with van der Waals surface area (Å²) >= 11 is 9.44. The Bertz CT molecular complexity index is 995. The van der Waals surface area contributed by atoms with Gasteiger partial charge in [0.05, 0.1) is 22.0 Å². The second-order valence-electron chi connectivity index (χ2n) is 6.40. The van der Waals surface area contributed by atoms with Crippen LogP contribution in [0.3, 0.4) is 0 Å². The van der Waals surface area contributed by atoms with Gasteiger partial charge in [0.15, 0.2) is 0 Å². The summed E-state index contributed by atoms with van der Waals surface area (Å²) < 4.78 is 23.7. The zero-order valence-electron chi connectivity index (χ0n) is 15.3. The van der Waals surface area contributed by atoms with Gasteiger partial charge in [0.25, 0.3) is 5.91 Å². The molecule has 9 heteroatoms. The summed E-state index contributed by atoms with van der Waals surface area (Å²) in [4.78, 5) is 25.3. The average Bonchev–Trinajstić information content (AvgIpc) is 2.60. The van der Waals surface area contributed by atoms with E-state index >= 15 is 0 Å². The quantitative estimate of drug-likeness (QED) is 0.624. The summed E-state index contributed by atoms with van der Waals surface area (Å²) in [7, 11) is -3.31. The van der Waals surface area contributed by atoms with E-state index in [1.54, 1.807) is 42.5 Å². The lowest BCUT2D eigenvalue weighted by Crippen LogP contribution is -2.45. The van der Waals surface area contributed by atoms with Gasteiger partial charge in [-0.05, 0) is 59.1 Å². The van der Waals surface area contributed by atoms with Crippen LogP contribution in [0.25, 0.3) is 0 Å². The Labute approximate surface area is 177 Å². The number of nitrogens with one attached hydrogen (secondary N) is 2. The van der Waals surface area contributed by atoms with Crippen molar-refractivity contribution in [3.8, 4) is 0 Å². The van der Waals surface area contributed by atoms with E-state index in [1.807, 2.05) is 6.92 Å². The number of hydrogen-bond acceptors (Lipinski definition) is 4. The molecule has 0 saturated carbocycles. The van der Waals surface area contributed by atoms with Gasteiger partial charge in [0.1, 0.15) is 15.9 Å². The van der Waals surface area contributed by atoms with Gasteiger partial charge in [-0.15, -0.1) is 0 Å². The van der Waals surface area contributed by atoms with Crippen LogP contribution in [-0.4, -0.2) is 38.3 Å². The normalized spacial score (nSPS) is 12.3. The fraction of sp³-hybridized carbons (Fsp3) is 0.263. The molecular formula is C19H20BrClN2O4S. The maximum absolute atomic E-state index is 12.7. The van der Waals surface area contributed by atoms with Crippen molar-refractivity contribution in [2.75, 3.05) is 17.3 Å². The lowest BCUT2D eigenvalue weighted by Gasteiger charge is -2.19. The molecule has 2 N–H and O–H groups in total. The zero-order chi connectivity index (χ0) is 20.9. The summed E-state index contributed by atoms with van der Waals surface area (Å²) in [6, 6.07) is 10.8. The van der Waals surface area contributed by atoms with Crippen molar-refractivity contribution >= 4 is 54.9 Å². The van der Waals surface area contributed by atoms with Crippen LogP contribution >= 0.6 is 27.5 Å². The topological polar surface area (TPSA) is 92.3 Å². The Morgan fingerprint density at radius 1 is 1.18 bits per heavy atom. The van der Waals surface area contributed by atoms with Crippen molar-refractivity contribution in [2.24, 2.45) is 0 Å². The molecule has 0 heterocycles. The minimum absolute atomic E-state index is 0.0651. The van der Waals surface area contributed by atoms with E-state index in [1.165, 1.54) is 0 Å². The molecule has 1 unspecified atom stereocenters. The summed E-state index contributed by atoms with van der Waals surface area (Å²) in [5.41, 5.74) is 1.66. The van der Waals surface area contributed by atoms with Gasteiger partial charge in [-0.25, -0.2) is 8.42 Å². The molecule has 2 aromatic carbocycles. The molecule has 2 aromatic rings.